The monoisotopic (exact) mass is 460 g/mol. The van der Waals surface area contributed by atoms with Crippen LogP contribution in [0.25, 0.3) is 5.78 Å². The van der Waals surface area contributed by atoms with Gasteiger partial charge in [0.2, 0.25) is 5.91 Å². The average Bonchev–Trinajstić information content (AvgIpc) is 3.41. The number of rotatable bonds is 5. The van der Waals surface area contributed by atoms with Crippen LogP contribution >= 0.6 is 0 Å². The van der Waals surface area contributed by atoms with Crippen molar-refractivity contribution in [2.75, 3.05) is 5.32 Å². The molecular weight excluding hydrogens is 437 g/mol. The molecule has 11 heteroatoms. The number of nitrogens with zero attached hydrogens (tertiary/aromatic N) is 4. The molecule has 0 unspecified atom stereocenters. The number of para-hydroxylation sites is 1. The smallest absolute Gasteiger partial charge is 0.349 e. The van der Waals surface area contributed by atoms with Crippen LogP contribution in [0.1, 0.15) is 58.8 Å². The molecule has 2 amide bonds. The van der Waals surface area contributed by atoms with Gasteiger partial charge in [-0.2, -0.15) is 18.2 Å². The van der Waals surface area contributed by atoms with Gasteiger partial charge in [0.15, 0.2) is 0 Å². The van der Waals surface area contributed by atoms with Gasteiger partial charge >= 0.3 is 6.18 Å². The highest BCUT2D eigenvalue weighted by Gasteiger charge is 2.37. The first-order valence-corrected chi connectivity index (χ1v) is 10.6. The Morgan fingerprint density at radius 1 is 1.12 bits per heavy atom. The molecule has 0 bridgehead atoms. The topological polar surface area (TPSA) is 101 Å². The fourth-order valence-corrected chi connectivity index (χ4v) is 4.06. The van der Waals surface area contributed by atoms with E-state index >= 15 is 0 Å². The lowest BCUT2D eigenvalue weighted by atomic mass is 10.1. The number of aromatic nitrogens is 4. The first kappa shape index (κ1) is 22.7. The minimum Gasteiger partial charge on any atom is -0.349 e. The molecule has 0 saturated heterocycles. The van der Waals surface area contributed by atoms with E-state index in [9.17, 15) is 22.8 Å². The minimum absolute atomic E-state index is 0.133. The van der Waals surface area contributed by atoms with Gasteiger partial charge in [-0.25, -0.2) is 9.50 Å². The third kappa shape index (κ3) is 4.81. The molecule has 1 aliphatic carbocycles. The van der Waals surface area contributed by atoms with E-state index in [1.807, 2.05) is 0 Å². The van der Waals surface area contributed by atoms with Crippen LogP contribution in [0.15, 0.2) is 24.3 Å². The van der Waals surface area contributed by atoms with Crippen molar-refractivity contribution in [3.05, 3.63) is 52.6 Å². The van der Waals surface area contributed by atoms with Gasteiger partial charge in [0, 0.05) is 23.0 Å². The number of alkyl halides is 3. The molecule has 174 valence electrons. The van der Waals surface area contributed by atoms with Crippen LogP contribution in [-0.2, 0) is 17.4 Å². The molecule has 4 rings (SSSR count). The second-order valence-electron chi connectivity index (χ2n) is 8.13. The summed E-state index contributed by atoms with van der Waals surface area (Å²) in [6.45, 7) is 3.16. The number of amides is 2. The van der Waals surface area contributed by atoms with Crippen LogP contribution < -0.4 is 10.6 Å². The van der Waals surface area contributed by atoms with Crippen molar-refractivity contribution in [1.29, 1.82) is 0 Å². The van der Waals surface area contributed by atoms with Crippen LogP contribution in [0, 0.1) is 13.8 Å². The molecule has 33 heavy (non-hydrogen) atoms. The first-order valence-electron chi connectivity index (χ1n) is 10.6. The van der Waals surface area contributed by atoms with E-state index in [1.54, 1.807) is 38.1 Å². The number of carbonyl (C=O) groups is 2. The van der Waals surface area contributed by atoms with Gasteiger partial charge in [-0.05, 0) is 38.8 Å². The standard InChI is InChI=1S/C22H23F3N6O2/c1-12-16(13(2)31-21(26-12)29-20(30-31)22(23,24)25)11-18(32)28-17-10-6-5-9-15(17)19(33)27-14-7-3-4-8-14/h5-6,9-10,14H,3-4,7-8,11H2,1-2H3,(H,27,33)(H,28,32). The molecule has 2 heterocycles. The Labute approximate surface area is 187 Å². The number of halogens is 3. The van der Waals surface area contributed by atoms with Crippen molar-refractivity contribution in [2.24, 2.45) is 0 Å². The van der Waals surface area contributed by atoms with Crippen molar-refractivity contribution in [3.63, 3.8) is 0 Å². The summed E-state index contributed by atoms with van der Waals surface area (Å²) < 4.78 is 39.9. The third-order valence-corrected chi connectivity index (χ3v) is 5.78. The normalized spacial score (nSPS) is 14.6. The van der Waals surface area contributed by atoms with Gasteiger partial charge in [-0.3, -0.25) is 9.59 Å². The SMILES string of the molecule is Cc1nc2nc(C(F)(F)F)nn2c(C)c1CC(=O)Nc1ccccc1C(=O)NC1CCCC1. The van der Waals surface area contributed by atoms with Crippen molar-refractivity contribution in [1.82, 2.24) is 24.9 Å². The highest BCUT2D eigenvalue weighted by Crippen LogP contribution is 2.27. The number of nitrogens with one attached hydrogen (secondary N) is 2. The Balaban J connectivity index is 1.54. The van der Waals surface area contributed by atoms with Crippen LogP contribution in [0.4, 0.5) is 18.9 Å². The Hall–Kier alpha value is -3.50. The zero-order valence-electron chi connectivity index (χ0n) is 18.2. The summed E-state index contributed by atoms with van der Waals surface area (Å²) in [5, 5.41) is 9.24. The fraction of sp³-hybridized carbons (Fsp3) is 0.409. The number of aryl methyl sites for hydroxylation is 2. The number of anilines is 1. The zero-order chi connectivity index (χ0) is 23.8. The highest BCUT2D eigenvalue weighted by molar-refractivity contribution is 6.04. The number of fused-ring (bicyclic) bond motifs is 1. The second-order valence-corrected chi connectivity index (χ2v) is 8.13. The molecule has 8 nitrogen and oxygen atoms in total. The van der Waals surface area contributed by atoms with Crippen LogP contribution in [0.3, 0.4) is 0 Å². The number of benzene rings is 1. The van der Waals surface area contributed by atoms with E-state index in [0.29, 0.717) is 28.2 Å². The Morgan fingerprint density at radius 3 is 2.52 bits per heavy atom. The van der Waals surface area contributed by atoms with Gasteiger partial charge in [0.25, 0.3) is 17.5 Å². The van der Waals surface area contributed by atoms with E-state index in [2.05, 4.69) is 25.7 Å². The highest BCUT2D eigenvalue weighted by atomic mass is 19.4. The van der Waals surface area contributed by atoms with Gasteiger partial charge in [0.05, 0.1) is 17.7 Å². The number of carbonyl (C=O) groups excluding carboxylic acids is 2. The van der Waals surface area contributed by atoms with E-state index in [-0.39, 0.29) is 24.1 Å². The van der Waals surface area contributed by atoms with Crippen molar-refractivity contribution >= 4 is 23.3 Å². The summed E-state index contributed by atoms with van der Waals surface area (Å²) in [4.78, 5) is 33.0. The molecule has 0 aliphatic heterocycles. The Morgan fingerprint density at radius 2 is 1.82 bits per heavy atom. The molecule has 1 fully saturated rings. The lowest BCUT2D eigenvalue weighted by molar-refractivity contribution is -0.144. The number of hydrogen-bond donors (Lipinski definition) is 2. The maximum Gasteiger partial charge on any atom is 0.453 e. The zero-order valence-corrected chi connectivity index (χ0v) is 18.2. The van der Waals surface area contributed by atoms with E-state index in [4.69, 9.17) is 0 Å². The maximum atomic E-state index is 13.0. The van der Waals surface area contributed by atoms with Crippen LogP contribution in [-0.4, -0.2) is 37.4 Å². The summed E-state index contributed by atoms with van der Waals surface area (Å²) >= 11 is 0. The lowest BCUT2D eigenvalue weighted by Crippen LogP contribution is -2.33. The molecular formula is C22H23F3N6O2. The van der Waals surface area contributed by atoms with Crippen molar-refractivity contribution < 1.29 is 22.8 Å². The predicted octanol–water partition coefficient (Wildman–Crippen LogP) is 3.61. The van der Waals surface area contributed by atoms with Gasteiger partial charge < -0.3 is 10.6 Å². The van der Waals surface area contributed by atoms with E-state index in [0.717, 1.165) is 30.2 Å². The van der Waals surface area contributed by atoms with Gasteiger partial charge in [-0.15, -0.1) is 5.10 Å². The first-order chi connectivity index (χ1) is 15.6. The minimum atomic E-state index is -4.70. The molecule has 0 radical (unpaired) electrons. The molecule has 0 spiro atoms. The lowest BCUT2D eigenvalue weighted by Gasteiger charge is -2.15. The Bertz CT molecular complexity index is 1210. The summed E-state index contributed by atoms with van der Waals surface area (Å²) in [6.07, 6.45) is -0.818. The third-order valence-electron chi connectivity index (χ3n) is 5.78. The molecule has 0 atom stereocenters. The summed E-state index contributed by atoms with van der Waals surface area (Å²) in [5.41, 5.74) is 1.87. The second kappa shape index (κ2) is 8.80. The van der Waals surface area contributed by atoms with Gasteiger partial charge in [-0.1, -0.05) is 25.0 Å². The van der Waals surface area contributed by atoms with Crippen LogP contribution in [0.2, 0.25) is 0 Å². The summed E-state index contributed by atoms with van der Waals surface area (Å²) in [6, 6.07) is 6.83. The molecule has 1 aliphatic rings. The quantitative estimate of drug-likeness (QED) is 0.606. The van der Waals surface area contributed by atoms with Crippen molar-refractivity contribution in [3.8, 4) is 0 Å². The Kier molecular flexibility index (Phi) is 6.05. The van der Waals surface area contributed by atoms with E-state index < -0.39 is 17.9 Å². The molecule has 2 aromatic heterocycles. The molecule has 2 N–H and O–H groups in total. The molecule has 1 aromatic carbocycles. The van der Waals surface area contributed by atoms with Gasteiger partial charge in [0.1, 0.15) is 0 Å². The predicted molar refractivity (Wildman–Crippen MR) is 114 cm³/mol. The van der Waals surface area contributed by atoms with E-state index in [1.165, 1.54) is 0 Å². The average molecular weight is 460 g/mol. The largest absolute Gasteiger partial charge is 0.453 e. The summed E-state index contributed by atoms with van der Waals surface area (Å²) in [5.74, 6) is -2.16. The number of hydrogen-bond acceptors (Lipinski definition) is 5. The maximum absolute atomic E-state index is 13.0. The molecule has 1 saturated carbocycles. The van der Waals surface area contributed by atoms with Crippen molar-refractivity contribution in [2.45, 2.75) is 58.2 Å². The summed E-state index contributed by atoms with van der Waals surface area (Å²) in [7, 11) is 0. The fourth-order valence-electron chi connectivity index (χ4n) is 4.06. The van der Waals surface area contributed by atoms with Crippen LogP contribution in [0.5, 0.6) is 0 Å². The molecule has 3 aromatic rings.